The standard InChI is InChI=1S/C13H26N2O2/c1-11(6-9-16)15-12(17)13(10-14)7-4-2-3-5-8-13/h11,16H,2-10,14H2,1H3,(H,15,17). The molecule has 0 heterocycles. The fourth-order valence-corrected chi connectivity index (χ4v) is 2.57. The third-order valence-corrected chi connectivity index (χ3v) is 3.87. The maximum absolute atomic E-state index is 12.3. The average Bonchev–Trinajstić information content (AvgIpc) is 2.55. The molecule has 0 aromatic heterocycles. The highest BCUT2D eigenvalue weighted by Gasteiger charge is 2.37. The number of carbonyl (C=O) groups is 1. The third-order valence-electron chi connectivity index (χ3n) is 3.87. The zero-order valence-electron chi connectivity index (χ0n) is 10.9. The van der Waals surface area contributed by atoms with Gasteiger partial charge in [0.1, 0.15) is 0 Å². The molecule has 4 heteroatoms. The first kappa shape index (κ1) is 14.5. The normalized spacial score (nSPS) is 21.6. The molecule has 1 saturated carbocycles. The van der Waals surface area contributed by atoms with E-state index < -0.39 is 0 Å². The molecule has 0 aliphatic heterocycles. The van der Waals surface area contributed by atoms with Gasteiger partial charge < -0.3 is 16.2 Å². The van der Waals surface area contributed by atoms with Gasteiger partial charge in [0.05, 0.1) is 5.41 Å². The van der Waals surface area contributed by atoms with Crippen LogP contribution in [0.15, 0.2) is 0 Å². The molecular weight excluding hydrogens is 216 g/mol. The van der Waals surface area contributed by atoms with E-state index in [4.69, 9.17) is 10.8 Å². The molecule has 0 saturated heterocycles. The van der Waals surface area contributed by atoms with E-state index in [1.807, 2.05) is 6.92 Å². The Labute approximate surface area is 104 Å². The van der Waals surface area contributed by atoms with E-state index in [0.717, 1.165) is 25.7 Å². The van der Waals surface area contributed by atoms with Crippen molar-refractivity contribution in [3.8, 4) is 0 Å². The lowest BCUT2D eigenvalue weighted by atomic mass is 9.79. The first-order valence-electron chi connectivity index (χ1n) is 6.76. The van der Waals surface area contributed by atoms with Gasteiger partial charge in [0, 0.05) is 19.2 Å². The second-order valence-corrected chi connectivity index (χ2v) is 5.29. The molecule has 0 bridgehead atoms. The number of hydrogen-bond acceptors (Lipinski definition) is 3. The quantitative estimate of drug-likeness (QED) is 0.634. The van der Waals surface area contributed by atoms with Crippen LogP contribution in [0.4, 0.5) is 0 Å². The smallest absolute Gasteiger partial charge is 0.227 e. The fourth-order valence-electron chi connectivity index (χ4n) is 2.57. The lowest BCUT2D eigenvalue weighted by Crippen LogP contribution is -2.48. The van der Waals surface area contributed by atoms with Gasteiger partial charge in [-0.15, -0.1) is 0 Å². The van der Waals surface area contributed by atoms with Crippen LogP contribution >= 0.6 is 0 Å². The Hall–Kier alpha value is -0.610. The molecule has 1 aliphatic rings. The lowest BCUT2D eigenvalue weighted by Gasteiger charge is -2.31. The molecule has 4 nitrogen and oxygen atoms in total. The third kappa shape index (κ3) is 3.96. The summed E-state index contributed by atoms with van der Waals surface area (Å²) in [4.78, 5) is 12.3. The predicted molar refractivity (Wildman–Crippen MR) is 68.5 cm³/mol. The van der Waals surface area contributed by atoms with Crippen LogP contribution < -0.4 is 11.1 Å². The van der Waals surface area contributed by atoms with Crippen molar-refractivity contribution < 1.29 is 9.90 Å². The molecule has 0 radical (unpaired) electrons. The van der Waals surface area contributed by atoms with Crippen LogP contribution in [0.2, 0.25) is 0 Å². The number of hydrogen-bond donors (Lipinski definition) is 3. The largest absolute Gasteiger partial charge is 0.396 e. The van der Waals surface area contributed by atoms with Crippen LogP contribution in [0, 0.1) is 5.41 Å². The second kappa shape index (κ2) is 6.97. The Balaban J connectivity index is 2.60. The van der Waals surface area contributed by atoms with Gasteiger partial charge in [-0.2, -0.15) is 0 Å². The van der Waals surface area contributed by atoms with Crippen molar-refractivity contribution in [2.45, 2.75) is 57.9 Å². The van der Waals surface area contributed by atoms with E-state index in [1.165, 1.54) is 12.8 Å². The average molecular weight is 242 g/mol. The van der Waals surface area contributed by atoms with E-state index in [0.29, 0.717) is 13.0 Å². The number of amides is 1. The highest BCUT2D eigenvalue weighted by atomic mass is 16.3. The topological polar surface area (TPSA) is 75.3 Å². The molecule has 1 atom stereocenters. The molecule has 1 unspecified atom stereocenters. The van der Waals surface area contributed by atoms with Crippen LogP contribution in [0.25, 0.3) is 0 Å². The van der Waals surface area contributed by atoms with Crippen molar-refractivity contribution >= 4 is 5.91 Å². The molecule has 17 heavy (non-hydrogen) atoms. The number of nitrogens with two attached hydrogens (primary N) is 1. The minimum absolute atomic E-state index is 0.0270. The summed E-state index contributed by atoms with van der Waals surface area (Å²) in [7, 11) is 0. The van der Waals surface area contributed by atoms with E-state index >= 15 is 0 Å². The van der Waals surface area contributed by atoms with Crippen LogP contribution in [-0.4, -0.2) is 30.2 Å². The Morgan fingerprint density at radius 3 is 2.41 bits per heavy atom. The Kier molecular flexibility index (Phi) is 5.92. The minimum Gasteiger partial charge on any atom is -0.396 e. The van der Waals surface area contributed by atoms with Crippen molar-refractivity contribution in [1.29, 1.82) is 0 Å². The number of nitrogens with one attached hydrogen (secondary N) is 1. The summed E-state index contributed by atoms with van der Waals surface area (Å²) in [5, 5.41) is 11.8. The van der Waals surface area contributed by atoms with Crippen molar-refractivity contribution in [3.63, 3.8) is 0 Å². The summed E-state index contributed by atoms with van der Waals surface area (Å²) in [6.45, 7) is 2.47. The summed E-state index contributed by atoms with van der Waals surface area (Å²) < 4.78 is 0. The highest BCUT2D eigenvalue weighted by Crippen LogP contribution is 2.34. The monoisotopic (exact) mass is 242 g/mol. The van der Waals surface area contributed by atoms with Gasteiger partial charge in [-0.1, -0.05) is 25.7 Å². The minimum atomic E-state index is -0.361. The zero-order chi connectivity index (χ0) is 12.7. The van der Waals surface area contributed by atoms with E-state index in [-0.39, 0.29) is 24.0 Å². The second-order valence-electron chi connectivity index (χ2n) is 5.29. The maximum Gasteiger partial charge on any atom is 0.227 e. The molecule has 1 aliphatic carbocycles. The number of aliphatic hydroxyl groups excluding tert-OH is 1. The Bertz CT molecular complexity index is 236. The molecule has 1 fully saturated rings. The summed E-state index contributed by atoms with van der Waals surface area (Å²) >= 11 is 0. The predicted octanol–water partition coefficient (Wildman–Crippen LogP) is 1.17. The van der Waals surface area contributed by atoms with Crippen molar-refractivity contribution in [1.82, 2.24) is 5.32 Å². The van der Waals surface area contributed by atoms with Gasteiger partial charge in [-0.25, -0.2) is 0 Å². The summed E-state index contributed by atoms with van der Waals surface area (Å²) in [5.41, 5.74) is 5.49. The van der Waals surface area contributed by atoms with Crippen LogP contribution in [0.3, 0.4) is 0 Å². The van der Waals surface area contributed by atoms with Crippen molar-refractivity contribution in [2.24, 2.45) is 11.1 Å². The Morgan fingerprint density at radius 2 is 1.94 bits per heavy atom. The maximum atomic E-state index is 12.3. The highest BCUT2D eigenvalue weighted by molar-refractivity contribution is 5.83. The Morgan fingerprint density at radius 1 is 1.35 bits per heavy atom. The van der Waals surface area contributed by atoms with Crippen molar-refractivity contribution in [3.05, 3.63) is 0 Å². The molecule has 4 N–H and O–H groups in total. The van der Waals surface area contributed by atoms with Crippen LogP contribution in [-0.2, 0) is 4.79 Å². The summed E-state index contributed by atoms with van der Waals surface area (Å²) in [5.74, 6) is 0.0860. The van der Waals surface area contributed by atoms with Gasteiger partial charge >= 0.3 is 0 Å². The van der Waals surface area contributed by atoms with E-state index in [9.17, 15) is 4.79 Å². The van der Waals surface area contributed by atoms with Gasteiger partial charge in [0.15, 0.2) is 0 Å². The summed E-state index contributed by atoms with van der Waals surface area (Å²) in [6, 6.07) is 0.0270. The van der Waals surface area contributed by atoms with Crippen molar-refractivity contribution in [2.75, 3.05) is 13.2 Å². The SMILES string of the molecule is CC(CCO)NC(=O)C1(CN)CCCCCC1. The van der Waals surface area contributed by atoms with Crippen LogP contribution in [0.1, 0.15) is 51.9 Å². The van der Waals surface area contributed by atoms with Gasteiger partial charge in [0.2, 0.25) is 5.91 Å². The zero-order valence-corrected chi connectivity index (χ0v) is 10.9. The van der Waals surface area contributed by atoms with Gasteiger partial charge in [0.25, 0.3) is 0 Å². The molecule has 0 spiro atoms. The van der Waals surface area contributed by atoms with E-state index in [2.05, 4.69) is 5.32 Å². The summed E-state index contributed by atoms with van der Waals surface area (Å²) in [6.07, 6.45) is 7.02. The van der Waals surface area contributed by atoms with E-state index in [1.54, 1.807) is 0 Å². The lowest BCUT2D eigenvalue weighted by molar-refractivity contribution is -0.132. The van der Waals surface area contributed by atoms with Gasteiger partial charge in [-0.05, 0) is 26.2 Å². The molecular formula is C13H26N2O2. The molecule has 1 rings (SSSR count). The first-order chi connectivity index (χ1) is 8.14. The molecule has 100 valence electrons. The number of carbonyl (C=O) groups excluding carboxylic acids is 1. The number of rotatable bonds is 5. The number of aliphatic hydroxyl groups is 1. The van der Waals surface area contributed by atoms with Crippen LogP contribution in [0.5, 0.6) is 0 Å². The fraction of sp³-hybridized carbons (Fsp3) is 0.923. The molecule has 0 aromatic carbocycles. The molecule has 0 aromatic rings. The molecule has 1 amide bonds. The van der Waals surface area contributed by atoms with Gasteiger partial charge in [-0.3, -0.25) is 4.79 Å². The first-order valence-corrected chi connectivity index (χ1v) is 6.76.